The van der Waals surface area contributed by atoms with Crippen LogP contribution in [0.15, 0.2) is 57.7 Å². The van der Waals surface area contributed by atoms with Gasteiger partial charge in [0.25, 0.3) is 5.91 Å². The lowest BCUT2D eigenvalue weighted by atomic mass is 10.3. The number of amides is 1. The van der Waals surface area contributed by atoms with Crippen LogP contribution in [0.4, 0.5) is 5.69 Å². The highest BCUT2D eigenvalue weighted by Crippen LogP contribution is 2.25. The largest absolute Gasteiger partial charge is 0.484 e. The number of rotatable bonds is 7. The lowest BCUT2D eigenvalue weighted by Gasteiger charge is -2.05. The van der Waals surface area contributed by atoms with Crippen molar-refractivity contribution in [1.82, 2.24) is 9.78 Å². The van der Waals surface area contributed by atoms with Crippen molar-refractivity contribution in [2.45, 2.75) is 13.3 Å². The van der Waals surface area contributed by atoms with Gasteiger partial charge in [0.05, 0.1) is 22.6 Å². The van der Waals surface area contributed by atoms with Gasteiger partial charge in [-0.15, -0.1) is 0 Å². The first-order valence-corrected chi connectivity index (χ1v) is 8.24. The molecule has 1 aromatic carbocycles. The van der Waals surface area contributed by atoms with Gasteiger partial charge in [0.2, 0.25) is 0 Å². The molecule has 0 aliphatic carbocycles. The maximum absolute atomic E-state index is 12.2. The highest BCUT2D eigenvalue weighted by Gasteiger charge is 2.13. The summed E-state index contributed by atoms with van der Waals surface area (Å²) in [5.41, 5.74) is 0.560. The Morgan fingerprint density at radius 1 is 1.32 bits per heavy atom. The molecule has 3 rings (SSSR count). The van der Waals surface area contributed by atoms with Crippen molar-refractivity contribution >= 4 is 27.5 Å². The van der Waals surface area contributed by atoms with Crippen molar-refractivity contribution < 1.29 is 18.7 Å². The number of furan rings is 1. The smallest absolute Gasteiger partial charge is 0.291 e. The summed E-state index contributed by atoms with van der Waals surface area (Å²) in [6, 6.07) is 10.8. The fourth-order valence-corrected chi connectivity index (χ4v) is 2.51. The summed E-state index contributed by atoms with van der Waals surface area (Å²) in [6.45, 7) is 0.537. The fraction of sp³-hybridized carbons (Fsp3) is 0.176. The molecule has 1 N–H and O–H groups in total. The molecule has 1 amide bonds. The second-order valence-corrected chi connectivity index (χ2v) is 5.98. The van der Waals surface area contributed by atoms with Gasteiger partial charge in [-0.3, -0.25) is 4.79 Å². The second kappa shape index (κ2) is 8.00. The summed E-state index contributed by atoms with van der Waals surface area (Å²) in [5, 5.41) is 6.76. The Labute approximate surface area is 152 Å². The van der Waals surface area contributed by atoms with E-state index >= 15 is 0 Å². The Morgan fingerprint density at radius 2 is 2.16 bits per heavy atom. The summed E-state index contributed by atoms with van der Waals surface area (Å²) >= 11 is 3.41. The van der Waals surface area contributed by atoms with E-state index < -0.39 is 0 Å². The predicted molar refractivity (Wildman–Crippen MR) is 94.4 cm³/mol. The zero-order valence-corrected chi connectivity index (χ0v) is 15.0. The second-order valence-electron chi connectivity index (χ2n) is 5.13. The summed E-state index contributed by atoms with van der Waals surface area (Å²) in [6.07, 6.45) is 3.21. The number of ether oxygens (including phenoxy) is 2. The molecule has 3 aromatic rings. The molecular weight excluding hydrogens is 390 g/mol. The summed E-state index contributed by atoms with van der Waals surface area (Å²) < 4.78 is 18.6. The van der Waals surface area contributed by atoms with Crippen LogP contribution in [0.5, 0.6) is 5.75 Å². The number of hydrogen-bond acceptors (Lipinski definition) is 5. The van der Waals surface area contributed by atoms with Crippen molar-refractivity contribution in [3.8, 4) is 5.75 Å². The molecule has 25 heavy (non-hydrogen) atoms. The lowest BCUT2D eigenvalue weighted by Crippen LogP contribution is -2.10. The molecule has 2 aromatic heterocycles. The summed E-state index contributed by atoms with van der Waals surface area (Å²) in [5.74, 6) is 1.10. The molecule has 7 nitrogen and oxygen atoms in total. The third-order valence-corrected chi connectivity index (χ3v) is 3.90. The van der Waals surface area contributed by atoms with Crippen LogP contribution in [0, 0.1) is 0 Å². The van der Waals surface area contributed by atoms with Crippen LogP contribution in [0.3, 0.4) is 0 Å². The van der Waals surface area contributed by atoms with Gasteiger partial charge in [-0.1, -0.05) is 12.1 Å². The first kappa shape index (κ1) is 17.2. The highest BCUT2D eigenvalue weighted by atomic mass is 79.9. The molecule has 0 saturated carbocycles. The Morgan fingerprint density at radius 3 is 2.96 bits per heavy atom. The minimum Gasteiger partial charge on any atom is -0.484 e. The van der Waals surface area contributed by atoms with Gasteiger partial charge in [0.1, 0.15) is 24.8 Å². The van der Waals surface area contributed by atoms with E-state index in [0.29, 0.717) is 23.9 Å². The SMILES string of the molecule is COCn1cc(NC(=O)c2ccc(COc3ccccc3Br)o2)cn1. The van der Waals surface area contributed by atoms with Crippen molar-refractivity contribution in [2.24, 2.45) is 0 Å². The van der Waals surface area contributed by atoms with E-state index in [0.717, 1.165) is 4.47 Å². The lowest BCUT2D eigenvalue weighted by molar-refractivity contribution is 0.0992. The maximum Gasteiger partial charge on any atom is 0.291 e. The Bertz CT molecular complexity index is 859. The number of methoxy groups -OCH3 is 1. The minimum atomic E-state index is -0.357. The molecule has 0 unspecified atom stereocenters. The quantitative estimate of drug-likeness (QED) is 0.648. The number of halogens is 1. The van der Waals surface area contributed by atoms with E-state index in [4.69, 9.17) is 13.9 Å². The first-order chi connectivity index (χ1) is 12.2. The molecule has 0 aliphatic heterocycles. The number of anilines is 1. The predicted octanol–water partition coefficient (Wildman–Crippen LogP) is 3.67. The molecule has 0 spiro atoms. The molecule has 8 heteroatoms. The van der Waals surface area contributed by atoms with Gasteiger partial charge >= 0.3 is 0 Å². The van der Waals surface area contributed by atoms with E-state index in [1.165, 1.54) is 6.20 Å². The average molecular weight is 406 g/mol. The molecule has 0 aliphatic rings. The Hall–Kier alpha value is -2.58. The van der Waals surface area contributed by atoms with E-state index in [1.807, 2.05) is 24.3 Å². The molecular formula is C17H16BrN3O4. The van der Waals surface area contributed by atoms with Crippen LogP contribution < -0.4 is 10.1 Å². The van der Waals surface area contributed by atoms with Crippen LogP contribution in [-0.4, -0.2) is 22.8 Å². The first-order valence-electron chi connectivity index (χ1n) is 7.44. The number of nitrogens with zero attached hydrogens (tertiary/aromatic N) is 2. The average Bonchev–Trinajstić information content (AvgIpc) is 3.24. The molecule has 0 bridgehead atoms. The topological polar surface area (TPSA) is 78.5 Å². The zero-order valence-electron chi connectivity index (χ0n) is 13.4. The number of hydrogen-bond donors (Lipinski definition) is 1. The van der Waals surface area contributed by atoms with Crippen LogP contribution in [-0.2, 0) is 18.1 Å². The van der Waals surface area contributed by atoms with Gasteiger partial charge in [0, 0.05) is 7.11 Å². The monoisotopic (exact) mass is 405 g/mol. The maximum atomic E-state index is 12.2. The van der Waals surface area contributed by atoms with E-state index in [1.54, 1.807) is 30.1 Å². The Kier molecular flexibility index (Phi) is 5.52. The zero-order chi connectivity index (χ0) is 17.6. The minimum absolute atomic E-state index is 0.199. The fourth-order valence-electron chi connectivity index (χ4n) is 2.11. The molecule has 0 saturated heterocycles. The van der Waals surface area contributed by atoms with E-state index in [9.17, 15) is 4.79 Å². The standard InChI is InChI=1S/C17H16BrN3O4/c1-23-11-21-9-12(8-19-21)20-17(22)16-7-6-13(25-16)10-24-15-5-3-2-4-14(15)18/h2-9H,10-11H2,1H3,(H,20,22). The summed E-state index contributed by atoms with van der Waals surface area (Å²) in [4.78, 5) is 12.2. The number of benzene rings is 1. The van der Waals surface area contributed by atoms with Gasteiger partial charge in [-0.2, -0.15) is 5.10 Å². The van der Waals surface area contributed by atoms with E-state index in [2.05, 4.69) is 26.3 Å². The molecule has 0 radical (unpaired) electrons. The van der Waals surface area contributed by atoms with Crippen molar-refractivity contribution in [2.75, 3.05) is 12.4 Å². The third-order valence-electron chi connectivity index (χ3n) is 3.24. The van der Waals surface area contributed by atoms with Crippen LogP contribution in [0.2, 0.25) is 0 Å². The van der Waals surface area contributed by atoms with E-state index in [-0.39, 0.29) is 18.3 Å². The van der Waals surface area contributed by atoms with Crippen molar-refractivity contribution in [3.05, 3.63) is 64.8 Å². The highest BCUT2D eigenvalue weighted by molar-refractivity contribution is 9.10. The number of aromatic nitrogens is 2. The van der Waals surface area contributed by atoms with Gasteiger partial charge < -0.3 is 19.2 Å². The van der Waals surface area contributed by atoms with Gasteiger partial charge in [-0.05, 0) is 40.2 Å². The number of carbonyl (C=O) groups is 1. The molecule has 130 valence electrons. The van der Waals surface area contributed by atoms with Crippen LogP contribution >= 0.6 is 15.9 Å². The van der Waals surface area contributed by atoms with Crippen molar-refractivity contribution in [1.29, 1.82) is 0 Å². The normalized spacial score (nSPS) is 10.6. The van der Waals surface area contributed by atoms with Gasteiger partial charge in [-0.25, -0.2) is 4.68 Å². The van der Waals surface area contributed by atoms with Crippen molar-refractivity contribution in [3.63, 3.8) is 0 Å². The Balaban J connectivity index is 1.58. The van der Waals surface area contributed by atoms with Gasteiger partial charge in [0.15, 0.2) is 5.76 Å². The number of nitrogens with one attached hydrogen (secondary N) is 1. The third kappa shape index (κ3) is 4.49. The number of para-hydroxylation sites is 1. The van der Waals surface area contributed by atoms with Crippen LogP contribution in [0.25, 0.3) is 0 Å². The van der Waals surface area contributed by atoms with Crippen LogP contribution in [0.1, 0.15) is 16.3 Å². The molecule has 2 heterocycles. The molecule has 0 fully saturated rings. The number of carbonyl (C=O) groups excluding carboxylic acids is 1. The summed E-state index contributed by atoms with van der Waals surface area (Å²) in [7, 11) is 1.57. The molecule has 0 atom stereocenters.